The van der Waals surface area contributed by atoms with Crippen LogP contribution in [0.1, 0.15) is 35.4 Å². The van der Waals surface area contributed by atoms with E-state index in [1.807, 2.05) is 24.3 Å². The summed E-state index contributed by atoms with van der Waals surface area (Å²) >= 11 is 0. The summed E-state index contributed by atoms with van der Waals surface area (Å²) in [6, 6.07) is 14.5. The van der Waals surface area contributed by atoms with Gasteiger partial charge in [0, 0.05) is 31.7 Å². The van der Waals surface area contributed by atoms with Gasteiger partial charge in [-0.1, -0.05) is 30.3 Å². The van der Waals surface area contributed by atoms with Crippen molar-refractivity contribution in [1.29, 1.82) is 0 Å². The summed E-state index contributed by atoms with van der Waals surface area (Å²) in [6.45, 7) is 3.11. The van der Waals surface area contributed by atoms with Gasteiger partial charge in [0.25, 0.3) is 0 Å². The smallest absolute Gasteiger partial charge is 0.161 e. The highest BCUT2D eigenvalue weighted by Crippen LogP contribution is 2.44. The zero-order valence-corrected chi connectivity index (χ0v) is 16.6. The van der Waals surface area contributed by atoms with Gasteiger partial charge in [-0.15, -0.1) is 0 Å². The van der Waals surface area contributed by atoms with Crippen LogP contribution in [-0.4, -0.2) is 49.5 Å². The van der Waals surface area contributed by atoms with Gasteiger partial charge in [0.05, 0.1) is 26.9 Å². The van der Waals surface area contributed by atoms with Gasteiger partial charge in [0.15, 0.2) is 11.5 Å². The number of methoxy groups -OCH3 is 2. The summed E-state index contributed by atoms with van der Waals surface area (Å²) in [7, 11) is 3.32. The molecule has 2 aliphatic heterocycles. The van der Waals surface area contributed by atoms with Crippen molar-refractivity contribution in [3.05, 3.63) is 59.2 Å². The molecule has 2 heterocycles. The molecular weight excluding hydrogens is 354 g/mol. The molecule has 0 amide bonds. The maximum absolute atomic E-state index is 11.0. The van der Waals surface area contributed by atoms with Crippen molar-refractivity contribution in [2.24, 2.45) is 0 Å². The molecule has 2 aromatic rings. The maximum Gasteiger partial charge on any atom is 0.161 e. The summed E-state index contributed by atoms with van der Waals surface area (Å²) in [5.41, 5.74) is 3.63. The molecule has 1 saturated heterocycles. The first-order valence-electron chi connectivity index (χ1n) is 10.00. The van der Waals surface area contributed by atoms with Crippen LogP contribution in [-0.2, 0) is 17.9 Å². The molecular formula is C23H29NO4. The molecule has 2 aliphatic rings. The molecule has 5 heteroatoms. The first-order chi connectivity index (χ1) is 13.7. The van der Waals surface area contributed by atoms with Crippen LogP contribution >= 0.6 is 0 Å². The van der Waals surface area contributed by atoms with Crippen molar-refractivity contribution < 1.29 is 19.3 Å². The Morgan fingerprint density at radius 2 is 1.82 bits per heavy atom. The van der Waals surface area contributed by atoms with E-state index in [0.29, 0.717) is 13.2 Å². The third-order valence-electron chi connectivity index (χ3n) is 6.03. The molecule has 150 valence electrons. The number of hydrogen-bond acceptors (Lipinski definition) is 5. The number of benzene rings is 2. The fraction of sp³-hybridized carbons (Fsp3) is 0.478. The largest absolute Gasteiger partial charge is 0.493 e. The van der Waals surface area contributed by atoms with E-state index in [1.54, 1.807) is 14.2 Å². The Hall–Kier alpha value is -2.08. The first kappa shape index (κ1) is 19.2. The van der Waals surface area contributed by atoms with Crippen LogP contribution in [0.2, 0.25) is 0 Å². The average molecular weight is 383 g/mol. The van der Waals surface area contributed by atoms with E-state index < -0.39 is 0 Å². The summed E-state index contributed by atoms with van der Waals surface area (Å²) in [4.78, 5) is 2.40. The van der Waals surface area contributed by atoms with Gasteiger partial charge in [-0.2, -0.15) is 0 Å². The number of aliphatic hydroxyl groups excluding tert-OH is 1. The molecule has 0 saturated carbocycles. The average Bonchev–Trinajstić information content (AvgIpc) is 2.98. The van der Waals surface area contributed by atoms with Crippen LogP contribution in [0.4, 0.5) is 0 Å². The second-order valence-corrected chi connectivity index (χ2v) is 7.68. The second kappa shape index (κ2) is 8.52. The Labute approximate surface area is 166 Å². The molecule has 5 nitrogen and oxygen atoms in total. The normalized spacial score (nSPS) is 25.4. The lowest BCUT2D eigenvalue weighted by atomic mass is 9.88. The van der Waals surface area contributed by atoms with Crippen LogP contribution in [0.3, 0.4) is 0 Å². The Morgan fingerprint density at radius 1 is 1.07 bits per heavy atom. The Balaban J connectivity index is 1.35. The zero-order valence-electron chi connectivity index (χ0n) is 16.6. The summed E-state index contributed by atoms with van der Waals surface area (Å²) in [5.74, 6) is 1.63. The summed E-state index contributed by atoms with van der Waals surface area (Å²) in [5, 5.41) is 11.0. The highest BCUT2D eigenvalue weighted by Gasteiger charge is 2.45. The van der Waals surface area contributed by atoms with Crippen molar-refractivity contribution in [2.75, 3.05) is 27.4 Å². The van der Waals surface area contributed by atoms with Crippen molar-refractivity contribution in [1.82, 2.24) is 4.90 Å². The number of ether oxygens (including phenoxy) is 3. The number of hydrogen-bond donors (Lipinski definition) is 1. The molecule has 1 unspecified atom stereocenters. The van der Waals surface area contributed by atoms with Gasteiger partial charge in [-0.3, -0.25) is 4.90 Å². The van der Waals surface area contributed by atoms with Gasteiger partial charge in [0.2, 0.25) is 0 Å². The topological polar surface area (TPSA) is 51.2 Å². The highest BCUT2D eigenvalue weighted by molar-refractivity contribution is 5.50. The Morgan fingerprint density at radius 3 is 2.57 bits per heavy atom. The minimum atomic E-state index is -0.353. The van der Waals surface area contributed by atoms with Gasteiger partial charge in [0.1, 0.15) is 0 Å². The minimum absolute atomic E-state index is 0.138. The van der Waals surface area contributed by atoms with E-state index in [1.165, 1.54) is 16.7 Å². The van der Waals surface area contributed by atoms with E-state index >= 15 is 0 Å². The van der Waals surface area contributed by atoms with Crippen molar-refractivity contribution in [3.63, 3.8) is 0 Å². The molecule has 0 spiro atoms. The quantitative estimate of drug-likeness (QED) is 0.709. The van der Waals surface area contributed by atoms with Crippen LogP contribution in [0.15, 0.2) is 42.5 Å². The van der Waals surface area contributed by atoms with Gasteiger partial charge < -0.3 is 19.3 Å². The summed E-state index contributed by atoms with van der Waals surface area (Å²) < 4.78 is 16.7. The fourth-order valence-corrected chi connectivity index (χ4v) is 4.59. The predicted octanol–water partition coefficient (Wildman–Crippen LogP) is 3.34. The third-order valence-corrected chi connectivity index (χ3v) is 6.03. The lowest BCUT2D eigenvalue weighted by molar-refractivity contribution is 0.0818. The number of nitrogens with zero attached hydrogens (tertiary/aromatic N) is 1. The zero-order chi connectivity index (χ0) is 19.5. The molecule has 1 N–H and O–H groups in total. The fourth-order valence-electron chi connectivity index (χ4n) is 4.59. The van der Waals surface area contributed by atoms with Crippen LogP contribution in [0.25, 0.3) is 0 Å². The van der Waals surface area contributed by atoms with Gasteiger partial charge >= 0.3 is 0 Å². The molecule has 28 heavy (non-hydrogen) atoms. The standard InChI is InChI=1S/C23H29NO4/c1-26-21-11-17-13-24-14-19(18(17)12-22(21)27-2)23(25)20(24)9-6-10-28-15-16-7-4-3-5-8-16/h3-5,7-8,11-12,19-20,23,25H,6,9-10,13-15H2,1-2H3/t19-,20-,23+/m0/s1. The number of rotatable bonds is 8. The molecule has 1 fully saturated rings. The van der Waals surface area contributed by atoms with Crippen LogP contribution < -0.4 is 9.47 Å². The predicted molar refractivity (Wildman–Crippen MR) is 108 cm³/mol. The molecule has 0 aromatic heterocycles. The van der Waals surface area contributed by atoms with Crippen LogP contribution in [0.5, 0.6) is 11.5 Å². The van der Waals surface area contributed by atoms with Crippen molar-refractivity contribution in [2.45, 2.75) is 44.1 Å². The Kier molecular flexibility index (Phi) is 5.85. The second-order valence-electron chi connectivity index (χ2n) is 7.68. The molecule has 0 radical (unpaired) electrons. The van der Waals surface area contributed by atoms with Crippen molar-refractivity contribution in [3.8, 4) is 11.5 Å². The van der Waals surface area contributed by atoms with E-state index in [-0.39, 0.29) is 18.1 Å². The molecule has 2 aromatic carbocycles. The molecule has 4 rings (SSSR count). The number of fused-ring (bicyclic) bond motifs is 4. The van der Waals surface area contributed by atoms with E-state index in [4.69, 9.17) is 14.2 Å². The summed E-state index contributed by atoms with van der Waals surface area (Å²) in [6.07, 6.45) is 1.53. The highest BCUT2D eigenvalue weighted by atomic mass is 16.5. The minimum Gasteiger partial charge on any atom is -0.493 e. The Bertz CT molecular complexity index is 793. The third kappa shape index (κ3) is 3.75. The SMILES string of the molecule is COc1cc2c(cc1OC)[C@@H]1CN(C2)[C@@H](CCCOCc2ccccc2)[C@@H]1O. The maximum atomic E-state index is 11.0. The monoisotopic (exact) mass is 383 g/mol. The van der Waals surface area contributed by atoms with E-state index in [9.17, 15) is 5.11 Å². The van der Waals surface area contributed by atoms with E-state index in [0.717, 1.165) is 37.4 Å². The molecule has 0 aliphatic carbocycles. The molecule has 4 atom stereocenters. The molecule has 2 bridgehead atoms. The van der Waals surface area contributed by atoms with Gasteiger partial charge in [-0.05, 0) is 41.7 Å². The lowest BCUT2D eigenvalue weighted by Crippen LogP contribution is -2.34. The van der Waals surface area contributed by atoms with Gasteiger partial charge in [-0.25, -0.2) is 0 Å². The van der Waals surface area contributed by atoms with Crippen LogP contribution in [0, 0.1) is 0 Å². The first-order valence-corrected chi connectivity index (χ1v) is 10.00. The van der Waals surface area contributed by atoms with E-state index in [2.05, 4.69) is 23.1 Å². The lowest BCUT2D eigenvalue weighted by Gasteiger charge is -2.28. The van der Waals surface area contributed by atoms with Crippen molar-refractivity contribution >= 4 is 0 Å². The number of aliphatic hydroxyl groups is 1.